The van der Waals surface area contributed by atoms with E-state index in [0.29, 0.717) is 6.04 Å². The second-order valence-electron chi connectivity index (χ2n) is 6.28. The molecule has 3 heteroatoms. The van der Waals surface area contributed by atoms with Gasteiger partial charge in [-0.05, 0) is 43.1 Å². The van der Waals surface area contributed by atoms with Gasteiger partial charge in [0.25, 0.3) is 0 Å². The van der Waals surface area contributed by atoms with Gasteiger partial charge in [0.2, 0.25) is 0 Å². The van der Waals surface area contributed by atoms with Crippen LogP contribution in [-0.4, -0.2) is 18.7 Å². The molecule has 2 nitrogen and oxygen atoms in total. The Bertz CT molecular complexity index is 458. The smallest absolute Gasteiger partial charge is 0.120 e. The summed E-state index contributed by atoms with van der Waals surface area (Å²) in [7, 11) is 0. The van der Waals surface area contributed by atoms with E-state index >= 15 is 0 Å². The van der Waals surface area contributed by atoms with Gasteiger partial charge < -0.3 is 10.1 Å². The molecule has 1 aromatic carbocycles. The minimum atomic E-state index is 0.182. The lowest BCUT2D eigenvalue weighted by atomic mass is 9.64. The number of aryl methyl sites for hydroxylation is 1. The third-order valence-corrected chi connectivity index (χ3v) is 4.86. The van der Waals surface area contributed by atoms with Gasteiger partial charge in [-0.25, -0.2) is 0 Å². The Morgan fingerprint density at radius 1 is 1.35 bits per heavy atom. The SMILES string of the molecule is CCCNC1CC(Oc2ccc(Cl)c(CC)c2)C1(C)C. The highest BCUT2D eigenvalue weighted by Crippen LogP contribution is 2.43. The molecule has 0 heterocycles. The normalized spacial score (nSPS) is 24.2. The Morgan fingerprint density at radius 3 is 2.70 bits per heavy atom. The molecule has 2 unspecified atom stereocenters. The van der Waals surface area contributed by atoms with E-state index in [0.717, 1.165) is 35.7 Å². The van der Waals surface area contributed by atoms with E-state index in [4.69, 9.17) is 16.3 Å². The maximum atomic E-state index is 6.17. The van der Waals surface area contributed by atoms with Crippen LogP contribution in [0.2, 0.25) is 5.02 Å². The molecule has 2 atom stereocenters. The van der Waals surface area contributed by atoms with E-state index in [2.05, 4.69) is 39.1 Å². The van der Waals surface area contributed by atoms with Crippen molar-refractivity contribution in [3.8, 4) is 5.75 Å². The summed E-state index contributed by atoms with van der Waals surface area (Å²) in [5.41, 5.74) is 1.34. The summed E-state index contributed by atoms with van der Waals surface area (Å²) in [6.07, 6.45) is 3.47. The zero-order chi connectivity index (χ0) is 14.8. The summed E-state index contributed by atoms with van der Waals surface area (Å²) < 4.78 is 6.17. The summed E-state index contributed by atoms with van der Waals surface area (Å²) in [6.45, 7) is 9.97. The molecule has 1 saturated carbocycles. The van der Waals surface area contributed by atoms with Gasteiger partial charge in [-0.2, -0.15) is 0 Å². The second kappa shape index (κ2) is 6.36. The molecule has 1 aromatic rings. The molecule has 0 bridgehead atoms. The number of nitrogens with one attached hydrogen (secondary N) is 1. The molecule has 0 aromatic heterocycles. The van der Waals surface area contributed by atoms with Gasteiger partial charge in [-0.15, -0.1) is 0 Å². The van der Waals surface area contributed by atoms with E-state index in [9.17, 15) is 0 Å². The minimum Gasteiger partial charge on any atom is -0.490 e. The molecular formula is C17H26ClNO. The molecule has 1 aliphatic carbocycles. The van der Waals surface area contributed by atoms with Crippen LogP contribution in [0.4, 0.5) is 0 Å². The predicted octanol–water partition coefficient (Wildman–Crippen LogP) is 4.45. The van der Waals surface area contributed by atoms with Crippen LogP contribution in [-0.2, 0) is 6.42 Å². The Balaban J connectivity index is 1.98. The molecule has 1 N–H and O–H groups in total. The average molecular weight is 296 g/mol. The van der Waals surface area contributed by atoms with Crippen molar-refractivity contribution in [3.05, 3.63) is 28.8 Å². The Morgan fingerprint density at radius 2 is 2.10 bits per heavy atom. The predicted molar refractivity (Wildman–Crippen MR) is 85.7 cm³/mol. The van der Waals surface area contributed by atoms with Crippen LogP contribution in [0.3, 0.4) is 0 Å². The monoisotopic (exact) mass is 295 g/mol. The fraction of sp³-hybridized carbons (Fsp3) is 0.647. The van der Waals surface area contributed by atoms with Gasteiger partial charge in [0, 0.05) is 22.9 Å². The van der Waals surface area contributed by atoms with E-state index in [1.165, 1.54) is 6.42 Å². The van der Waals surface area contributed by atoms with E-state index in [1.807, 2.05) is 12.1 Å². The Kier molecular flexibility index (Phi) is 4.98. The molecule has 1 aliphatic rings. The molecule has 0 radical (unpaired) electrons. The first-order valence-corrected chi connectivity index (χ1v) is 8.05. The van der Waals surface area contributed by atoms with Gasteiger partial charge in [0.1, 0.15) is 11.9 Å². The molecule has 1 fully saturated rings. The highest BCUT2D eigenvalue weighted by atomic mass is 35.5. The third kappa shape index (κ3) is 3.12. The fourth-order valence-electron chi connectivity index (χ4n) is 2.81. The van der Waals surface area contributed by atoms with Gasteiger partial charge in [-0.3, -0.25) is 0 Å². The van der Waals surface area contributed by atoms with Crippen LogP contribution in [0, 0.1) is 5.41 Å². The molecule has 0 amide bonds. The summed E-state index contributed by atoms with van der Waals surface area (Å²) >= 11 is 6.15. The first-order valence-electron chi connectivity index (χ1n) is 7.67. The van der Waals surface area contributed by atoms with Crippen molar-refractivity contribution in [1.29, 1.82) is 0 Å². The first kappa shape index (κ1) is 15.7. The van der Waals surface area contributed by atoms with Crippen LogP contribution < -0.4 is 10.1 Å². The summed E-state index contributed by atoms with van der Waals surface area (Å²) in [5, 5.41) is 4.43. The summed E-state index contributed by atoms with van der Waals surface area (Å²) in [4.78, 5) is 0. The van der Waals surface area contributed by atoms with Gasteiger partial charge in [0.15, 0.2) is 0 Å². The van der Waals surface area contributed by atoms with Crippen molar-refractivity contribution in [3.63, 3.8) is 0 Å². The maximum absolute atomic E-state index is 6.17. The van der Waals surface area contributed by atoms with Crippen LogP contribution >= 0.6 is 11.6 Å². The number of halogens is 1. The number of rotatable bonds is 6. The Labute approximate surface area is 127 Å². The number of benzene rings is 1. The van der Waals surface area contributed by atoms with Crippen molar-refractivity contribution >= 4 is 11.6 Å². The topological polar surface area (TPSA) is 21.3 Å². The highest BCUT2D eigenvalue weighted by molar-refractivity contribution is 6.31. The lowest BCUT2D eigenvalue weighted by molar-refractivity contribution is -0.0546. The average Bonchev–Trinajstić information content (AvgIpc) is 2.43. The zero-order valence-corrected chi connectivity index (χ0v) is 13.8. The third-order valence-electron chi connectivity index (χ3n) is 4.49. The number of hydrogen-bond donors (Lipinski definition) is 1. The first-order chi connectivity index (χ1) is 9.48. The lowest BCUT2D eigenvalue weighted by Gasteiger charge is -2.51. The van der Waals surface area contributed by atoms with Gasteiger partial charge in [-0.1, -0.05) is 39.3 Å². The molecule has 0 aliphatic heterocycles. The van der Waals surface area contributed by atoms with Crippen molar-refractivity contribution in [2.45, 2.75) is 59.1 Å². The molecule has 112 valence electrons. The maximum Gasteiger partial charge on any atom is 0.120 e. The van der Waals surface area contributed by atoms with Crippen molar-refractivity contribution in [1.82, 2.24) is 5.32 Å². The Hall–Kier alpha value is -0.730. The van der Waals surface area contributed by atoms with Crippen molar-refractivity contribution in [2.75, 3.05) is 6.54 Å². The van der Waals surface area contributed by atoms with E-state index in [-0.39, 0.29) is 11.5 Å². The van der Waals surface area contributed by atoms with Crippen molar-refractivity contribution in [2.24, 2.45) is 5.41 Å². The second-order valence-corrected chi connectivity index (χ2v) is 6.68. The molecular weight excluding hydrogens is 270 g/mol. The molecule has 0 saturated heterocycles. The quantitative estimate of drug-likeness (QED) is 0.837. The van der Waals surface area contributed by atoms with Crippen LogP contribution in [0.15, 0.2) is 18.2 Å². The van der Waals surface area contributed by atoms with Crippen molar-refractivity contribution < 1.29 is 4.74 Å². The van der Waals surface area contributed by atoms with E-state index in [1.54, 1.807) is 0 Å². The molecule has 2 rings (SSSR count). The fourth-order valence-corrected chi connectivity index (χ4v) is 3.06. The highest BCUT2D eigenvalue weighted by Gasteiger charge is 2.49. The standard InChI is InChI=1S/C17H26ClNO/c1-5-9-19-15-11-16(17(15,3)4)20-13-7-8-14(18)12(6-2)10-13/h7-8,10,15-16,19H,5-6,9,11H2,1-4H3. The van der Waals surface area contributed by atoms with Crippen LogP contribution in [0.5, 0.6) is 5.75 Å². The zero-order valence-electron chi connectivity index (χ0n) is 13.0. The van der Waals surface area contributed by atoms with Crippen LogP contribution in [0.25, 0.3) is 0 Å². The van der Waals surface area contributed by atoms with Gasteiger partial charge in [0.05, 0.1) is 0 Å². The summed E-state index contributed by atoms with van der Waals surface area (Å²) in [6, 6.07) is 6.55. The molecule has 0 spiro atoms. The van der Waals surface area contributed by atoms with Gasteiger partial charge >= 0.3 is 0 Å². The lowest BCUT2D eigenvalue weighted by Crippen LogP contribution is -2.62. The number of ether oxygens (including phenoxy) is 1. The largest absolute Gasteiger partial charge is 0.490 e. The number of hydrogen-bond acceptors (Lipinski definition) is 2. The van der Waals surface area contributed by atoms with E-state index < -0.39 is 0 Å². The minimum absolute atomic E-state index is 0.182. The van der Waals surface area contributed by atoms with Crippen LogP contribution in [0.1, 0.15) is 46.1 Å². The molecule has 20 heavy (non-hydrogen) atoms. The summed E-state index contributed by atoms with van der Waals surface area (Å²) in [5.74, 6) is 0.943.